The van der Waals surface area contributed by atoms with Gasteiger partial charge in [0.1, 0.15) is 10.4 Å². The number of carbonyl (C=O) groups excluding carboxylic acids is 1. The minimum absolute atomic E-state index is 0.00293. The molecule has 0 radical (unpaired) electrons. The summed E-state index contributed by atoms with van der Waals surface area (Å²) in [6.07, 6.45) is 4.66. The molecule has 1 aromatic heterocycles. The van der Waals surface area contributed by atoms with E-state index in [0.717, 1.165) is 6.61 Å². The number of amides is 1. The predicted molar refractivity (Wildman–Crippen MR) is 87.3 cm³/mol. The molecule has 132 valence electrons. The van der Waals surface area contributed by atoms with Crippen molar-refractivity contribution in [3.63, 3.8) is 0 Å². The van der Waals surface area contributed by atoms with E-state index in [4.69, 9.17) is 4.74 Å². The highest BCUT2D eigenvalue weighted by Gasteiger charge is 2.62. The smallest absolute Gasteiger partial charge is 0.272 e. The summed E-state index contributed by atoms with van der Waals surface area (Å²) in [4.78, 5) is 14.1. The van der Waals surface area contributed by atoms with Crippen molar-refractivity contribution in [1.29, 1.82) is 0 Å². The Morgan fingerprint density at radius 1 is 1.33 bits per heavy atom. The average molecular weight is 353 g/mol. The first-order chi connectivity index (χ1) is 11.4. The van der Waals surface area contributed by atoms with Crippen LogP contribution in [0.15, 0.2) is 12.3 Å². The molecule has 1 saturated carbocycles. The summed E-state index contributed by atoms with van der Waals surface area (Å²) in [5.41, 5.74) is 0.488. The van der Waals surface area contributed by atoms with Crippen molar-refractivity contribution in [3.8, 4) is 0 Å². The first kappa shape index (κ1) is 16.1. The number of likely N-dealkylation sites (tertiary alicyclic amines) is 1. The third kappa shape index (κ3) is 2.47. The Labute approximate surface area is 141 Å². The lowest BCUT2D eigenvalue weighted by molar-refractivity contribution is 0.0222. The lowest BCUT2D eigenvalue weighted by Crippen LogP contribution is -2.68. The lowest BCUT2D eigenvalue weighted by Gasteiger charge is -2.49. The molecule has 0 N–H and O–H groups in total. The Bertz CT molecular complexity index is 747. The van der Waals surface area contributed by atoms with Gasteiger partial charge in [0.2, 0.25) is 0 Å². The highest BCUT2D eigenvalue weighted by atomic mass is 32.2. The molecular formula is C16H23N3O4S. The van der Waals surface area contributed by atoms with E-state index in [1.807, 2.05) is 0 Å². The molecule has 4 rings (SSSR count). The molecule has 0 aromatic carbocycles. The van der Waals surface area contributed by atoms with Gasteiger partial charge in [-0.25, -0.2) is 8.42 Å². The maximum Gasteiger partial charge on any atom is 0.272 e. The van der Waals surface area contributed by atoms with Crippen LogP contribution in [0.25, 0.3) is 0 Å². The van der Waals surface area contributed by atoms with Crippen LogP contribution in [0.3, 0.4) is 0 Å². The molecule has 1 atom stereocenters. The molecule has 2 aliphatic heterocycles. The Morgan fingerprint density at radius 3 is 2.71 bits per heavy atom. The molecule has 3 heterocycles. The zero-order valence-corrected chi connectivity index (χ0v) is 14.7. The van der Waals surface area contributed by atoms with Crippen LogP contribution in [0.5, 0.6) is 0 Å². The molecule has 3 fully saturated rings. The second kappa shape index (κ2) is 5.56. The molecule has 1 amide bonds. The number of aryl methyl sites for hydroxylation is 1. The summed E-state index contributed by atoms with van der Waals surface area (Å²) in [5, 5.41) is 4.00. The molecule has 7 nitrogen and oxygen atoms in total. The van der Waals surface area contributed by atoms with Gasteiger partial charge in [-0.05, 0) is 31.2 Å². The van der Waals surface area contributed by atoms with Crippen molar-refractivity contribution in [3.05, 3.63) is 18.0 Å². The number of hydrogen-bond acceptors (Lipinski definition) is 5. The summed E-state index contributed by atoms with van der Waals surface area (Å²) >= 11 is 0. The molecule has 1 unspecified atom stereocenters. The molecule has 3 aliphatic rings. The topological polar surface area (TPSA) is 81.5 Å². The molecule has 1 aromatic rings. The fourth-order valence-corrected chi connectivity index (χ4v) is 6.26. The fourth-order valence-electron chi connectivity index (χ4n) is 3.86. The van der Waals surface area contributed by atoms with E-state index >= 15 is 0 Å². The fraction of sp³-hybridized carbons (Fsp3) is 0.750. The van der Waals surface area contributed by atoms with Crippen molar-refractivity contribution >= 4 is 15.7 Å². The van der Waals surface area contributed by atoms with Gasteiger partial charge < -0.3 is 9.64 Å². The first-order valence-corrected chi connectivity index (χ1v) is 10.2. The van der Waals surface area contributed by atoms with E-state index in [9.17, 15) is 13.2 Å². The first-order valence-electron chi connectivity index (χ1n) is 8.50. The van der Waals surface area contributed by atoms with Gasteiger partial charge >= 0.3 is 0 Å². The van der Waals surface area contributed by atoms with Gasteiger partial charge in [-0.2, -0.15) is 5.10 Å². The summed E-state index contributed by atoms with van der Waals surface area (Å²) in [6.45, 7) is 1.78. The second-order valence-electron chi connectivity index (χ2n) is 7.35. The Kier molecular flexibility index (Phi) is 3.72. The van der Waals surface area contributed by atoms with Gasteiger partial charge in [0.15, 0.2) is 9.84 Å². The van der Waals surface area contributed by atoms with Crippen LogP contribution in [-0.2, 0) is 21.6 Å². The summed E-state index contributed by atoms with van der Waals surface area (Å²) in [6, 6.07) is 1.66. The lowest BCUT2D eigenvalue weighted by atomic mass is 9.83. The predicted octanol–water partition coefficient (Wildman–Crippen LogP) is 0.476. The maximum atomic E-state index is 12.6. The average Bonchev–Trinajstić information content (AvgIpc) is 3.14. The van der Waals surface area contributed by atoms with Crippen LogP contribution >= 0.6 is 0 Å². The third-order valence-corrected chi connectivity index (χ3v) is 8.32. The van der Waals surface area contributed by atoms with Crippen LogP contribution in [0, 0.1) is 11.8 Å². The van der Waals surface area contributed by atoms with Crippen molar-refractivity contribution < 1.29 is 17.9 Å². The van der Waals surface area contributed by atoms with Gasteiger partial charge in [0.05, 0.1) is 12.4 Å². The van der Waals surface area contributed by atoms with Crippen LogP contribution in [0.1, 0.15) is 29.8 Å². The maximum absolute atomic E-state index is 12.6. The van der Waals surface area contributed by atoms with Crippen LogP contribution in [0.4, 0.5) is 0 Å². The number of ether oxygens (including phenoxy) is 1. The van der Waals surface area contributed by atoms with Crippen LogP contribution < -0.4 is 0 Å². The number of carbonyl (C=O) groups is 1. The van der Waals surface area contributed by atoms with Gasteiger partial charge in [-0.3, -0.25) is 9.48 Å². The molecule has 1 spiro atoms. The zero-order valence-electron chi connectivity index (χ0n) is 13.8. The van der Waals surface area contributed by atoms with Crippen LogP contribution in [-0.4, -0.2) is 65.8 Å². The number of hydrogen-bond donors (Lipinski definition) is 0. The SMILES string of the molecule is Cn1nccc1C(=O)N1CC2(C1)C(COCC1CC1)CCS2(=O)=O. The van der Waals surface area contributed by atoms with Gasteiger partial charge in [-0.15, -0.1) is 0 Å². The largest absolute Gasteiger partial charge is 0.381 e. The number of sulfone groups is 1. The van der Waals surface area contributed by atoms with Crippen LogP contribution in [0.2, 0.25) is 0 Å². The molecule has 24 heavy (non-hydrogen) atoms. The minimum Gasteiger partial charge on any atom is -0.381 e. The highest BCUT2D eigenvalue weighted by Crippen LogP contribution is 2.45. The van der Waals surface area contributed by atoms with E-state index in [1.54, 1.807) is 24.2 Å². The van der Waals surface area contributed by atoms with Gasteiger partial charge in [0, 0.05) is 38.9 Å². The van der Waals surface area contributed by atoms with Gasteiger partial charge in [-0.1, -0.05) is 0 Å². The highest BCUT2D eigenvalue weighted by molar-refractivity contribution is 7.93. The number of aromatic nitrogens is 2. The minimum atomic E-state index is -3.18. The summed E-state index contributed by atoms with van der Waals surface area (Å²) in [7, 11) is -1.46. The quantitative estimate of drug-likeness (QED) is 0.769. The number of rotatable bonds is 5. The third-order valence-electron chi connectivity index (χ3n) is 5.71. The van der Waals surface area contributed by atoms with E-state index in [-0.39, 0.29) is 30.7 Å². The van der Waals surface area contributed by atoms with Crippen molar-refractivity contribution in [2.75, 3.05) is 32.1 Å². The summed E-state index contributed by atoms with van der Waals surface area (Å²) in [5.74, 6) is 0.721. The molecule has 1 aliphatic carbocycles. The molecule has 8 heteroatoms. The van der Waals surface area contributed by atoms with E-state index in [2.05, 4.69) is 5.10 Å². The Morgan fingerprint density at radius 2 is 2.08 bits per heavy atom. The molecule has 2 saturated heterocycles. The van der Waals surface area contributed by atoms with Crippen molar-refractivity contribution in [2.45, 2.75) is 24.0 Å². The second-order valence-corrected chi connectivity index (χ2v) is 9.80. The normalized spacial score (nSPS) is 27.4. The van der Waals surface area contributed by atoms with E-state index < -0.39 is 14.6 Å². The summed E-state index contributed by atoms with van der Waals surface area (Å²) < 4.78 is 31.7. The molecular weight excluding hydrogens is 330 g/mol. The number of nitrogens with zero attached hydrogens (tertiary/aromatic N) is 3. The monoisotopic (exact) mass is 353 g/mol. The van der Waals surface area contributed by atoms with Crippen molar-refractivity contribution in [1.82, 2.24) is 14.7 Å². The Balaban J connectivity index is 1.44. The standard InChI is InChI=1S/C16H23N3O4S/c1-18-14(4-6-17-18)15(20)19-10-16(11-19)13(5-7-24(16,21)22)9-23-8-12-2-3-12/h4,6,12-13H,2-3,5,7-11H2,1H3. The Hall–Kier alpha value is -1.41. The van der Waals surface area contributed by atoms with E-state index in [1.165, 1.54) is 17.5 Å². The van der Waals surface area contributed by atoms with Gasteiger partial charge in [0.25, 0.3) is 5.91 Å². The van der Waals surface area contributed by atoms with Crippen molar-refractivity contribution in [2.24, 2.45) is 18.9 Å². The zero-order chi connectivity index (χ0) is 16.9. The van der Waals surface area contributed by atoms with E-state index in [0.29, 0.717) is 24.6 Å². The molecule has 0 bridgehead atoms.